The fourth-order valence-electron chi connectivity index (χ4n) is 4.88. The third-order valence-electron chi connectivity index (χ3n) is 6.41. The maximum atomic E-state index is 12.9. The van der Waals surface area contributed by atoms with E-state index < -0.39 is 0 Å². The van der Waals surface area contributed by atoms with Crippen LogP contribution < -0.4 is 5.32 Å². The molecule has 2 aliphatic rings. The van der Waals surface area contributed by atoms with Crippen molar-refractivity contribution >= 4 is 17.7 Å². The number of nitrogens with one attached hydrogen (secondary N) is 1. The molecule has 0 saturated carbocycles. The van der Waals surface area contributed by atoms with E-state index in [0.29, 0.717) is 38.2 Å². The number of amides is 3. The van der Waals surface area contributed by atoms with Crippen molar-refractivity contribution in [3.63, 3.8) is 0 Å². The molecule has 0 radical (unpaired) electrons. The molecule has 164 valence electrons. The van der Waals surface area contributed by atoms with Crippen LogP contribution in [-0.4, -0.2) is 58.9 Å². The molecule has 3 atom stereocenters. The van der Waals surface area contributed by atoms with Crippen LogP contribution >= 0.6 is 0 Å². The highest BCUT2D eigenvalue weighted by Gasteiger charge is 2.50. The number of carbonyl (C=O) groups is 3. The number of hydrogen-bond donors (Lipinski definition) is 1. The van der Waals surface area contributed by atoms with Gasteiger partial charge in [0.05, 0.1) is 18.8 Å². The lowest BCUT2D eigenvalue weighted by molar-refractivity contribution is -0.134. The van der Waals surface area contributed by atoms with Crippen LogP contribution in [0.2, 0.25) is 0 Å². The topological polar surface area (TPSA) is 95.8 Å². The number of carbonyl (C=O) groups excluding carboxylic acids is 3. The van der Waals surface area contributed by atoms with Gasteiger partial charge in [-0.05, 0) is 18.1 Å². The van der Waals surface area contributed by atoms with E-state index >= 15 is 0 Å². The Morgan fingerprint density at radius 2 is 1.94 bits per heavy atom. The Bertz CT molecular complexity index is 958. The number of hydrogen-bond acceptors (Lipinski definition) is 5. The van der Waals surface area contributed by atoms with Crippen molar-refractivity contribution in [1.29, 1.82) is 0 Å². The molecule has 2 saturated heterocycles. The molecule has 2 aromatic rings. The van der Waals surface area contributed by atoms with Crippen molar-refractivity contribution in [2.75, 3.05) is 26.2 Å². The van der Waals surface area contributed by atoms with Crippen molar-refractivity contribution < 1.29 is 18.9 Å². The normalized spacial score (nSPS) is 22.5. The SMILES string of the molecule is CC(=O)NCC(=O)N1C[C@@H]2CN(C(=O)CCc3ccno3)C[C@@H]2[C@H]1c1ccccc1C. The maximum absolute atomic E-state index is 12.9. The average molecular weight is 425 g/mol. The summed E-state index contributed by atoms with van der Waals surface area (Å²) < 4.78 is 5.09. The van der Waals surface area contributed by atoms with E-state index in [0.717, 1.165) is 11.1 Å². The quantitative estimate of drug-likeness (QED) is 0.762. The molecule has 0 spiro atoms. The molecule has 0 unspecified atom stereocenters. The predicted molar refractivity (Wildman–Crippen MR) is 113 cm³/mol. The van der Waals surface area contributed by atoms with Crippen LogP contribution in [0.3, 0.4) is 0 Å². The molecule has 8 nitrogen and oxygen atoms in total. The van der Waals surface area contributed by atoms with Crippen molar-refractivity contribution in [2.24, 2.45) is 11.8 Å². The Morgan fingerprint density at radius 1 is 1.13 bits per heavy atom. The number of fused-ring (bicyclic) bond motifs is 1. The van der Waals surface area contributed by atoms with Gasteiger partial charge in [0.2, 0.25) is 17.7 Å². The first-order valence-corrected chi connectivity index (χ1v) is 10.7. The van der Waals surface area contributed by atoms with E-state index in [1.165, 1.54) is 6.92 Å². The lowest BCUT2D eigenvalue weighted by Gasteiger charge is -2.31. The third-order valence-corrected chi connectivity index (χ3v) is 6.41. The molecule has 2 aliphatic heterocycles. The summed E-state index contributed by atoms with van der Waals surface area (Å²) in [6, 6.07) is 9.77. The molecule has 1 aromatic heterocycles. The summed E-state index contributed by atoms with van der Waals surface area (Å²) >= 11 is 0. The van der Waals surface area contributed by atoms with Crippen LogP contribution in [0.5, 0.6) is 0 Å². The predicted octanol–water partition coefficient (Wildman–Crippen LogP) is 1.71. The first-order valence-electron chi connectivity index (χ1n) is 10.7. The van der Waals surface area contributed by atoms with Gasteiger partial charge in [-0.3, -0.25) is 14.4 Å². The highest BCUT2D eigenvalue weighted by Crippen LogP contribution is 2.45. The van der Waals surface area contributed by atoms with Gasteiger partial charge in [-0.1, -0.05) is 29.4 Å². The van der Waals surface area contributed by atoms with E-state index in [-0.39, 0.29) is 42.1 Å². The van der Waals surface area contributed by atoms with Crippen LogP contribution in [0, 0.1) is 18.8 Å². The van der Waals surface area contributed by atoms with E-state index in [9.17, 15) is 14.4 Å². The second kappa shape index (κ2) is 8.91. The minimum absolute atomic E-state index is 0.00299. The second-order valence-electron chi connectivity index (χ2n) is 8.46. The molecule has 3 heterocycles. The van der Waals surface area contributed by atoms with E-state index in [1.54, 1.807) is 12.3 Å². The van der Waals surface area contributed by atoms with Crippen molar-refractivity contribution in [2.45, 2.75) is 32.7 Å². The fraction of sp³-hybridized carbons (Fsp3) is 0.478. The first-order chi connectivity index (χ1) is 14.9. The van der Waals surface area contributed by atoms with Gasteiger partial charge in [0, 0.05) is 57.3 Å². The molecular formula is C23H28N4O4. The fourth-order valence-corrected chi connectivity index (χ4v) is 4.88. The van der Waals surface area contributed by atoms with Gasteiger partial charge in [-0.25, -0.2) is 0 Å². The number of benzene rings is 1. The third kappa shape index (κ3) is 4.47. The average Bonchev–Trinajstić information content (AvgIpc) is 3.47. The molecule has 3 amide bonds. The van der Waals surface area contributed by atoms with Crippen LogP contribution in [0.1, 0.15) is 36.3 Å². The van der Waals surface area contributed by atoms with Crippen LogP contribution in [0.4, 0.5) is 0 Å². The van der Waals surface area contributed by atoms with Crippen molar-refractivity contribution in [3.8, 4) is 0 Å². The van der Waals surface area contributed by atoms with Crippen LogP contribution in [-0.2, 0) is 20.8 Å². The van der Waals surface area contributed by atoms with E-state index in [1.807, 2.05) is 21.9 Å². The van der Waals surface area contributed by atoms with E-state index in [4.69, 9.17) is 4.52 Å². The zero-order valence-electron chi connectivity index (χ0n) is 17.9. The Labute approximate surface area is 181 Å². The summed E-state index contributed by atoms with van der Waals surface area (Å²) in [6.07, 6.45) is 2.50. The Hall–Kier alpha value is -3.16. The molecule has 8 heteroatoms. The van der Waals surface area contributed by atoms with Gasteiger partial charge >= 0.3 is 0 Å². The standard InChI is InChI=1S/C23H28N4O4/c1-15-5-3-4-6-19(15)23-20-14-26(21(29)8-7-18-9-10-25-31-18)12-17(20)13-27(23)22(30)11-24-16(2)28/h3-6,9-10,17,20,23H,7-8,11-14H2,1-2H3,(H,24,28)/t17-,20-,23+/m0/s1. The molecule has 4 rings (SSSR count). The molecule has 0 aliphatic carbocycles. The second-order valence-corrected chi connectivity index (χ2v) is 8.46. The van der Waals surface area contributed by atoms with Crippen LogP contribution in [0.25, 0.3) is 0 Å². The lowest BCUT2D eigenvalue weighted by atomic mass is 9.87. The minimum atomic E-state index is -0.219. The Balaban J connectivity index is 1.49. The van der Waals surface area contributed by atoms with Crippen LogP contribution in [0.15, 0.2) is 41.1 Å². The first kappa shape index (κ1) is 21.1. The van der Waals surface area contributed by atoms with Gasteiger partial charge in [0.1, 0.15) is 5.76 Å². The largest absolute Gasteiger partial charge is 0.361 e. The molecule has 31 heavy (non-hydrogen) atoms. The number of rotatable bonds is 6. The molecule has 1 N–H and O–H groups in total. The zero-order valence-corrected chi connectivity index (χ0v) is 17.9. The Morgan fingerprint density at radius 3 is 2.65 bits per heavy atom. The van der Waals surface area contributed by atoms with Crippen molar-refractivity contribution in [3.05, 3.63) is 53.4 Å². The van der Waals surface area contributed by atoms with Crippen molar-refractivity contribution in [1.82, 2.24) is 20.3 Å². The summed E-state index contributed by atoms with van der Waals surface area (Å²) in [5.41, 5.74) is 2.24. The summed E-state index contributed by atoms with van der Waals surface area (Å²) in [5, 5.41) is 6.31. The van der Waals surface area contributed by atoms with Gasteiger partial charge < -0.3 is 19.6 Å². The number of aryl methyl sites for hydroxylation is 2. The lowest BCUT2D eigenvalue weighted by Crippen LogP contribution is -2.42. The molecule has 0 bridgehead atoms. The summed E-state index contributed by atoms with van der Waals surface area (Å²) in [5.74, 6) is 0.909. The van der Waals surface area contributed by atoms with Gasteiger partial charge in [0.25, 0.3) is 0 Å². The smallest absolute Gasteiger partial charge is 0.242 e. The monoisotopic (exact) mass is 424 g/mol. The number of likely N-dealkylation sites (tertiary alicyclic amines) is 2. The number of aromatic nitrogens is 1. The van der Waals surface area contributed by atoms with Gasteiger partial charge in [0.15, 0.2) is 0 Å². The minimum Gasteiger partial charge on any atom is -0.361 e. The summed E-state index contributed by atoms with van der Waals surface area (Å²) in [4.78, 5) is 40.9. The van der Waals surface area contributed by atoms with E-state index in [2.05, 4.69) is 29.5 Å². The summed E-state index contributed by atoms with van der Waals surface area (Å²) in [6.45, 7) is 5.32. The molecular weight excluding hydrogens is 396 g/mol. The highest BCUT2D eigenvalue weighted by molar-refractivity contribution is 5.84. The number of nitrogens with zero attached hydrogens (tertiary/aromatic N) is 3. The van der Waals surface area contributed by atoms with Gasteiger partial charge in [-0.2, -0.15) is 0 Å². The molecule has 1 aromatic carbocycles. The Kier molecular flexibility index (Phi) is 6.06. The zero-order chi connectivity index (χ0) is 22.0. The molecule has 2 fully saturated rings. The highest BCUT2D eigenvalue weighted by atomic mass is 16.5. The summed E-state index contributed by atoms with van der Waals surface area (Å²) in [7, 11) is 0. The van der Waals surface area contributed by atoms with Gasteiger partial charge in [-0.15, -0.1) is 0 Å². The maximum Gasteiger partial charge on any atom is 0.242 e.